The van der Waals surface area contributed by atoms with Crippen molar-refractivity contribution in [2.75, 3.05) is 19.5 Å². The number of benzene rings is 2. The summed E-state index contributed by atoms with van der Waals surface area (Å²) in [5.41, 5.74) is 1.45. The number of nitrogens with zero attached hydrogens (tertiary/aromatic N) is 3. The summed E-state index contributed by atoms with van der Waals surface area (Å²) in [5, 5.41) is 11.0. The van der Waals surface area contributed by atoms with Crippen LogP contribution in [0.25, 0.3) is 11.9 Å². The lowest BCUT2D eigenvalue weighted by Gasteiger charge is -2.08. The molecule has 0 spiro atoms. The Morgan fingerprint density at radius 1 is 0.909 bits per heavy atom. The Labute approximate surface area is 191 Å². The number of hydrogen-bond donors (Lipinski definition) is 1. The maximum absolute atomic E-state index is 12.3. The summed E-state index contributed by atoms with van der Waals surface area (Å²) < 4.78 is 18.1. The number of methoxy groups -OCH3 is 2. The Morgan fingerprint density at radius 3 is 2.33 bits per heavy atom. The molecule has 0 bridgehead atoms. The quantitative estimate of drug-likeness (QED) is 0.397. The van der Waals surface area contributed by atoms with E-state index in [2.05, 4.69) is 15.5 Å². The molecule has 1 amide bonds. The summed E-state index contributed by atoms with van der Waals surface area (Å²) in [5.74, 6) is 2.62. The minimum Gasteiger partial charge on any atom is -0.493 e. The lowest BCUT2D eigenvalue weighted by Crippen LogP contribution is -2.07. The van der Waals surface area contributed by atoms with Crippen molar-refractivity contribution >= 4 is 17.7 Å². The van der Waals surface area contributed by atoms with Crippen LogP contribution in [-0.4, -0.2) is 34.9 Å². The van der Waals surface area contributed by atoms with Crippen LogP contribution in [0, 0.1) is 0 Å². The van der Waals surface area contributed by atoms with Gasteiger partial charge in [0.15, 0.2) is 17.3 Å². The number of ether oxygens (including phenoxy) is 3. The average molecular weight is 442 g/mol. The van der Waals surface area contributed by atoms with E-state index in [1.165, 1.54) is 6.08 Å². The van der Waals surface area contributed by atoms with Crippen LogP contribution in [0.3, 0.4) is 0 Å². The second kappa shape index (κ2) is 10.1. The fourth-order valence-electron chi connectivity index (χ4n) is 3.03. The van der Waals surface area contributed by atoms with Gasteiger partial charge in [0.05, 0.1) is 14.2 Å². The fraction of sp³-hybridized carbons (Fsp3) is 0.0800. The molecule has 2 aromatic heterocycles. The van der Waals surface area contributed by atoms with Crippen LogP contribution in [0.2, 0.25) is 0 Å². The number of anilines is 1. The number of carbonyl (C=O) groups excluding carboxylic acids is 1. The lowest BCUT2D eigenvalue weighted by molar-refractivity contribution is -0.111. The molecular weight excluding hydrogens is 420 g/mol. The molecule has 1 N–H and O–H groups in total. The standard InChI is InChI=1S/C25H22N4O4/c1-31-21-11-5-18(17-22(21)32-2)6-13-24(30)26-19-7-9-20(10-8-19)33-25-14-12-23(27-28-25)29-15-3-4-16-29/h3-17H,1-2H3,(H,26,30)/b13-6+. The summed E-state index contributed by atoms with van der Waals surface area (Å²) in [7, 11) is 3.14. The molecule has 0 atom stereocenters. The molecule has 8 nitrogen and oxygen atoms in total. The predicted octanol–water partition coefficient (Wildman–Crippen LogP) is 4.73. The molecule has 0 unspecified atom stereocenters. The summed E-state index contributed by atoms with van der Waals surface area (Å²) in [6.45, 7) is 0. The van der Waals surface area contributed by atoms with Gasteiger partial charge in [0.1, 0.15) is 5.75 Å². The van der Waals surface area contributed by atoms with Crippen LogP contribution in [0.1, 0.15) is 5.56 Å². The van der Waals surface area contributed by atoms with Crippen LogP contribution in [0.5, 0.6) is 23.1 Å². The van der Waals surface area contributed by atoms with Gasteiger partial charge in [-0.3, -0.25) is 4.79 Å². The van der Waals surface area contributed by atoms with Gasteiger partial charge in [0, 0.05) is 30.2 Å². The van der Waals surface area contributed by atoms with Crippen molar-refractivity contribution in [1.82, 2.24) is 14.8 Å². The third-order valence-corrected chi connectivity index (χ3v) is 4.67. The van der Waals surface area contributed by atoms with E-state index in [4.69, 9.17) is 14.2 Å². The number of rotatable bonds is 8. The van der Waals surface area contributed by atoms with Gasteiger partial charge < -0.3 is 24.1 Å². The normalized spacial score (nSPS) is 10.7. The van der Waals surface area contributed by atoms with Gasteiger partial charge in [-0.1, -0.05) is 6.07 Å². The molecule has 0 saturated heterocycles. The highest BCUT2D eigenvalue weighted by atomic mass is 16.5. The van der Waals surface area contributed by atoms with Crippen LogP contribution in [-0.2, 0) is 4.79 Å². The molecule has 0 aliphatic rings. The summed E-state index contributed by atoms with van der Waals surface area (Å²) in [6.07, 6.45) is 6.93. The first-order chi connectivity index (χ1) is 16.1. The molecule has 0 fully saturated rings. The average Bonchev–Trinajstić information content (AvgIpc) is 3.39. The van der Waals surface area contributed by atoms with Crippen molar-refractivity contribution in [1.29, 1.82) is 0 Å². The van der Waals surface area contributed by atoms with Gasteiger partial charge >= 0.3 is 0 Å². The van der Waals surface area contributed by atoms with Crippen molar-refractivity contribution in [3.8, 4) is 28.9 Å². The highest BCUT2D eigenvalue weighted by Gasteiger charge is 2.05. The Hall–Kier alpha value is -4.59. The Bertz CT molecular complexity index is 1230. The minimum absolute atomic E-state index is 0.259. The van der Waals surface area contributed by atoms with Gasteiger partial charge in [-0.2, -0.15) is 0 Å². The van der Waals surface area contributed by atoms with Crippen molar-refractivity contribution < 1.29 is 19.0 Å². The number of aromatic nitrogens is 3. The molecule has 0 radical (unpaired) electrons. The van der Waals surface area contributed by atoms with Gasteiger partial charge in [0.2, 0.25) is 11.8 Å². The molecule has 0 aliphatic carbocycles. The van der Waals surface area contributed by atoms with E-state index in [1.807, 2.05) is 41.2 Å². The zero-order valence-corrected chi connectivity index (χ0v) is 18.1. The molecule has 8 heteroatoms. The molecule has 4 rings (SSSR count). The molecule has 0 aliphatic heterocycles. The van der Waals surface area contributed by atoms with E-state index >= 15 is 0 Å². The second-order valence-corrected chi connectivity index (χ2v) is 6.88. The van der Waals surface area contributed by atoms with Crippen LogP contribution in [0.4, 0.5) is 5.69 Å². The summed E-state index contributed by atoms with van der Waals surface area (Å²) in [4.78, 5) is 12.3. The molecule has 2 aromatic carbocycles. The first kappa shape index (κ1) is 21.6. The molecule has 4 aromatic rings. The third kappa shape index (κ3) is 5.56. The zero-order chi connectivity index (χ0) is 23.0. The van der Waals surface area contributed by atoms with Crippen molar-refractivity contribution in [3.05, 3.63) is 90.8 Å². The number of nitrogens with one attached hydrogen (secondary N) is 1. The van der Waals surface area contributed by atoms with Crippen LogP contribution in [0.15, 0.2) is 85.2 Å². The first-order valence-electron chi connectivity index (χ1n) is 10.1. The molecule has 2 heterocycles. The van der Waals surface area contributed by atoms with Gasteiger partial charge in [-0.25, -0.2) is 0 Å². The molecule has 0 saturated carbocycles. The Balaban J connectivity index is 1.33. The zero-order valence-electron chi connectivity index (χ0n) is 18.1. The largest absolute Gasteiger partial charge is 0.493 e. The predicted molar refractivity (Wildman–Crippen MR) is 125 cm³/mol. The number of hydrogen-bond acceptors (Lipinski definition) is 6. The summed E-state index contributed by atoms with van der Waals surface area (Å²) >= 11 is 0. The molecular formula is C25H22N4O4. The highest BCUT2D eigenvalue weighted by molar-refractivity contribution is 6.02. The van der Waals surface area contributed by atoms with E-state index < -0.39 is 0 Å². The van der Waals surface area contributed by atoms with E-state index in [9.17, 15) is 4.79 Å². The maximum atomic E-state index is 12.3. The smallest absolute Gasteiger partial charge is 0.248 e. The van der Waals surface area contributed by atoms with E-state index in [0.29, 0.717) is 34.6 Å². The topological polar surface area (TPSA) is 87.5 Å². The summed E-state index contributed by atoms with van der Waals surface area (Å²) in [6, 6.07) is 19.8. The number of amides is 1. The third-order valence-electron chi connectivity index (χ3n) is 4.67. The van der Waals surface area contributed by atoms with Crippen LogP contribution >= 0.6 is 0 Å². The molecule has 166 valence electrons. The Kier molecular flexibility index (Phi) is 6.65. The van der Waals surface area contributed by atoms with E-state index in [1.54, 1.807) is 62.8 Å². The second-order valence-electron chi connectivity index (χ2n) is 6.88. The van der Waals surface area contributed by atoms with Crippen molar-refractivity contribution in [2.45, 2.75) is 0 Å². The van der Waals surface area contributed by atoms with Gasteiger partial charge in [-0.15, -0.1) is 10.2 Å². The lowest BCUT2D eigenvalue weighted by atomic mass is 10.2. The van der Waals surface area contributed by atoms with Crippen molar-refractivity contribution in [3.63, 3.8) is 0 Å². The van der Waals surface area contributed by atoms with Gasteiger partial charge in [0.25, 0.3) is 0 Å². The molecule has 33 heavy (non-hydrogen) atoms. The monoisotopic (exact) mass is 442 g/mol. The Morgan fingerprint density at radius 2 is 1.67 bits per heavy atom. The van der Waals surface area contributed by atoms with E-state index in [0.717, 1.165) is 5.56 Å². The minimum atomic E-state index is -0.259. The number of carbonyl (C=O) groups is 1. The maximum Gasteiger partial charge on any atom is 0.248 e. The van der Waals surface area contributed by atoms with Crippen molar-refractivity contribution in [2.24, 2.45) is 0 Å². The SMILES string of the molecule is COc1ccc(/C=C/C(=O)Nc2ccc(Oc3ccc(-n4cccc4)nn3)cc2)cc1OC. The van der Waals surface area contributed by atoms with Gasteiger partial charge in [-0.05, 0) is 66.2 Å². The fourth-order valence-corrected chi connectivity index (χ4v) is 3.03. The first-order valence-corrected chi connectivity index (χ1v) is 10.1. The van der Waals surface area contributed by atoms with E-state index in [-0.39, 0.29) is 5.91 Å². The highest BCUT2D eigenvalue weighted by Crippen LogP contribution is 2.28. The van der Waals surface area contributed by atoms with Crippen LogP contribution < -0.4 is 19.5 Å².